The van der Waals surface area contributed by atoms with E-state index in [1.807, 2.05) is 6.92 Å². The van der Waals surface area contributed by atoms with Gasteiger partial charge in [-0.3, -0.25) is 9.69 Å². The van der Waals surface area contributed by atoms with E-state index in [0.717, 1.165) is 32.1 Å². The van der Waals surface area contributed by atoms with Gasteiger partial charge in [-0.25, -0.2) is 0 Å². The number of hydrogen-bond donors (Lipinski definition) is 0. The van der Waals surface area contributed by atoms with Gasteiger partial charge in [-0.1, -0.05) is 0 Å². The molecule has 0 radical (unpaired) electrons. The molecule has 0 aromatic heterocycles. The van der Waals surface area contributed by atoms with Crippen molar-refractivity contribution in [2.45, 2.75) is 32.2 Å². The largest absolute Gasteiger partial charge is 0.466 e. The van der Waals surface area contributed by atoms with E-state index in [0.29, 0.717) is 19.1 Å². The second-order valence-corrected chi connectivity index (χ2v) is 5.25. The predicted molar refractivity (Wildman–Crippen MR) is 66.8 cm³/mol. The van der Waals surface area contributed by atoms with E-state index in [4.69, 9.17) is 4.74 Å². The average Bonchev–Trinajstić information content (AvgIpc) is 3.12. The van der Waals surface area contributed by atoms with Crippen LogP contribution in [0, 0.1) is 5.92 Å². The summed E-state index contributed by atoms with van der Waals surface area (Å²) in [7, 11) is 2.16. The summed E-state index contributed by atoms with van der Waals surface area (Å²) in [5, 5.41) is 0. The quantitative estimate of drug-likeness (QED) is 0.670. The van der Waals surface area contributed by atoms with E-state index in [-0.39, 0.29) is 5.97 Å². The molecule has 1 heterocycles. The molecule has 1 aliphatic heterocycles. The molecule has 0 aromatic carbocycles. The van der Waals surface area contributed by atoms with E-state index >= 15 is 0 Å². The molecular formula is C13H24N2O2. The summed E-state index contributed by atoms with van der Waals surface area (Å²) in [6.45, 7) is 6.80. The van der Waals surface area contributed by atoms with Crippen LogP contribution in [-0.2, 0) is 9.53 Å². The zero-order valence-corrected chi connectivity index (χ0v) is 11.0. The second kappa shape index (κ2) is 5.83. The van der Waals surface area contributed by atoms with Crippen LogP contribution in [0.3, 0.4) is 0 Å². The number of hydrogen-bond acceptors (Lipinski definition) is 4. The molecule has 0 aromatic rings. The number of ether oxygens (including phenoxy) is 1. The van der Waals surface area contributed by atoms with Gasteiger partial charge in [-0.05, 0) is 32.7 Å². The summed E-state index contributed by atoms with van der Waals surface area (Å²) in [4.78, 5) is 16.5. The Balaban J connectivity index is 1.86. The summed E-state index contributed by atoms with van der Waals surface area (Å²) in [5.41, 5.74) is 0. The molecular weight excluding hydrogens is 216 g/mol. The maximum absolute atomic E-state index is 11.6. The lowest BCUT2D eigenvalue weighted by Gasteiger charge is -2.37. The Morgan fingerprint density at radius 3 is 2.47 bits per heavy atom. The van der Waals surface area contributed by atoms with Crippen molar-refractivity contribution < 1.29 is 9.53 Å². The van der Waals surface area contributed by atoms with Crippen molar-refractivity contribution in [3.8, 4) is 0 Å². The zero-order valence-electron chi connectivity index (χ0n) is 11.0. The van der Waals surface area contributed by atoms with Crippen molar-refractivity contribution in [2.75, 3.05) is 39.8 Å². The molecule has 2 aliphatic rings. The summed E-state index contributed by atoms with van der Waals surface area (Å²) in [6, 6.07) is 0.433. The molecule has 0 N–H and O–H groups in total. The van der Waals surface area contributed by atoms with Crippen LogP contribution in [0.5, 0.6) is 0 Å². The van der Waals surface area contributed by atoms with Gasteiger partial charge in [0.15, 0.2) is 0 Å². The minimum Gasteiger partial charge on any atom is -0.466 e. The highest BCUT2D eigenvalue weighted by atomic mass is 16.5. The molecule has 0 spiro atoms. The number of piperazine rings is 1. The molecule has 4 heteroatoms. The lowest BCUT2D eigenvalue weighted by Crippen LogP contribution is -2.50. The van der Waals surface area contributed by atoms with Crippen molar-refractivity contribution >= 4 is 5.97 Å². The van der Waals surface area contributed by atoms with E-state index in [1.54, 1.807) is 0 Å². The molecule has 17 heavy (non-hydrogen) atoms. The Labute approximate surface area is 104 Å². The number of likely N-dealkylation sites (N-methyl/N-ethyl adjacent to an activating group) is 1. The van der Waals surface area contributed by atoms with Crippen molar-refractivity contribution in [1.82, 2.24) is 9.80 Å². The molecule has 1 unspecified atom stereocenters. The van der Waals surface area contributed by atoms with Gasteiger partial charge >= 0.3 is 5.97 Å². The third-order valence-electron chi connectivity index (χ3n) is 3.85. The molecule has 2 rings (SSSR count). The van der Waals surface area contributed by atoms with Crippen molar-refractivity contribution in [3.63, 3.8) is 0 Å². The molecule has 2 fully saturated rings. The van der Waals surface area contributed by atoms with Gasteiger partial charge in [0.1, 0.15) is 0 Å². The Kier molecular flexibility index (Phi) is 4.40. The minimum atomic E-state index is -0.0247. The molecule has 98 valence electrons. The summed E-state index contributed by atoms with van der Waals surface area (Å²) >= 11 is 0. The molecule has 4 nitrogen and oxygen atoms in total. The number of esters is 1. The van der Waals surface area contributed by atoms with Gasteiger partial charge < -0.3 is 9.64 Å². The highest BCUT2D eigenvalue weighted by Gasteiger charge is 2.37. The Hall–Kier alpha value is -0.610. The smallest absolute Gasteiger partial charge is 0.307 e. The van der Waals surface area contributed by atoms with Gasteiger partial charge in [-0.2, -0.15) is 0 Å². The molecule has 0 bridgehead atoms. The van der Waals surface area contributed by atoms with Crippen molar-refractivity contribution in [1.29, 1.82) is 0 Å². The fourth-order valence-corrected chi connectivity index (χ4v) is 2.62. The molecule has 1 saturated carbocycles. The lowest BCUT2D eigenvalue weighted by atomic mass is 10.1. The lowest BCUT2D eigenvalue weighted by molar-refractivity contribution is -0.145. The van der Waals surface area contributed by atoms with Gasteiger partial charge in [0, 0.05) is 32.2 Å². The van der Waals surface area contributed by atoms with Crippen LogP contribution in [0.4, 0.5) is 0 Å². The third kappa shape index (κ3) is 3.68. The summed E-state index contributed by atoms with van der Waals surface area (Å²) in [6.07, 6.45) is 3.16. The van der Waals surface area contributed by atoms with Gasteiger partial charge in [0.2, 0.25) is 0 Å². The van der Waals surface area contributed by atoms with Crippen molar-refractivity contribution in [2.24, 2.45) is 5.92 Å². The Morgan fingerprint density at radius 2 is 1.94 bits per heavy atom. The van der Waals surface area contributed by atoms with E-state index in [2.05, 4.69) is 16.8 Å². The van der Waals surface area contributed by atoms with Crippen LogP contribution in [0.25, 0.3) is 0 Å². The SMILES string of the molecule is CCOC(=O)CC(C1CC1)N1CCN(C)CC1. The van der Waals surface area contributed by atoms with Crippen LogP contribution in [0.2, 0.25) is 0 Å². The molecule has 1 saturated heterocycles. The summed E-state index contributed by atoms with van der Waals surface area (Å²) in [5.74, 6) is 0.714. The third-order valence-corrected chi connectivity index (χ3v) is 3.85. The molecule has 1 atom stereocenters. The average molecular weight is 240 g/mol. The number of nitrogens with zero attached hydrogens (tertiary/aromatic N) is 2. The van der Waals surface area contributed by atoms with Crippen molar-refractivity contribution in [3.05, 3.63) is 0 Å². The first-order valence-electron chi connectivity index (χ1n) is 6.79. The monoisotopic (exact) mass is 240 g/mol. The number of rotatable bonds is 5. The van der Waals surface area contributed by atoms with Crippen LogP contribution >= 0.6 is 0 Å². The van der Waals surface area contributed by atoms with Gasteiger partial charge in [0.05, 0.1) is 13.0 Å². The van der Waals surface area contributed by atoms with Crippen LogP contribution in [0.15, 0.2) is 0 Å². The fourth-order valence-electron chi connectivity index (χ4n) is 2.62. The Morgan fingerprint density at radius 1 is 1.29 bits per heavy atom. The van der Waals surface area contributed by atoms with E-state index < -0.39 is 0 Å². The maximum atomic E-state index is 11.6. The predicted octanol–water partition coefficient (Wildman–Crippen LogP) is 0.966. The fraction of sp³-hybridized carbons (Fsp3) is 0.923. The van der Waals surface area contributed by atoms with E-state index in [9.17, 15) is 4.79 Å². The summed E-state index contributed by atoms with van der Waals surface area (Å²) < 4.78 is 5.09. The first-order chi connectivity index (χ1) is 8.20. The van der Waals surface area contributed by atoms with E-state index in [1.165, 1.54) is 12.8 Å². The maximum Gasteiger partial charge on any atom is 0.307 e. The standard InChI is InChI=1S/C13H24N2O2/c1-3-17-13(16)10-12(11-4-5-11)15-8-6-14(2)7-9-15/h11-12H,3-10H2,1-2H3. The number of carbonyl (C=O) groups excluding carboxylic acids is 1. The van der Waals surface area contributed by atoms with Crippen LogP contribution in [-0.4, -0.2) is 61.6 Å². The van der Waals surface area contributed by atoms with Gasteiger partial charge in [0.25, 0.3) is 0 Å². The zero-order chi connectivity index (χ0) is 12.3. The first-order valence-corrected chi connectivity index (χ1v) is 6.79. The highest BCUT2D eigenvalue weighted by Crippen LogP contribution is 2.37. The molecule has 1 aliphatic carbocycles. The number of carbonyl (C=O) groups is 1. The normalized spacial score (nSPS) is 24.6. The second-order valence-electron chi connectivity index (χ2n) is 5.25. The van der Waals surface area contributed by atoms with Gasteiger partial charge in [-0.15, -0.1) is 0 Å². The minimum absolute atomic E-state index is 0.0247. The Bertz CT molecular complexity index is 258. The molecule has 0 amide bonds. The first kappa shape index (κ1) is 12.8. The van der Waals surface area contributed by atoms with Crippen LogP contribution < -0.4 is 0 Å². The topological polar surface area (TPSA) is 32.8 Å². The highest BCUT2D eigenvalue weighted by molar-refractivity contribution is 5.70. The van der Waals surface area contributed by atoms with Crippen LogP contribution in [0.1, 0.15) is 26.2 Å².